The normalized spacial score (nSPS) is 10.1. The van der Waals surface area contributed by atoms with E-state index in [9.17, 15) is 14.0 Å². The van der Waals surface area contributed by atoms with Gasteiger partial charge in [-0.15, -0.1) is 0 Å². The van der Waals surface area contributed by atoms with Crippen LogP contribution < -0.4 is 10.1 Å². The lowest BCUT2D eigenvalue weighted by Crippen LogP contribution is -2.26. The fourth-order valence-corrected chi connectivity index (χ4v) is 1.75. The highest BCUT2D eigenvalue weighted by molar-refractivity contribution is 5.79. The molecule has 5 nitrogen and oxygen atoms in total. The second kappa shape index (κ2) is 8.14. The lowest BCUT2D eigenvalue weighted by atomic mass is 10.1. The molecular formula is C14H18FNO4. The van der Waals surface area contributed by atoms with Crippen molar-refractivity contribution in [3.05, 3.63) is 29.6 Å². The fourth-order valence-electron chi connectivity index (χ4n) is 1.75. The van der Waals surface area contributed by atoms with E-state index in [1.54, 1.807) is 0 Å². The molecule has 2 N–H and O–H groups in total. The minimum absolute atomic E-state index is 0.0276. The van der Waals surface area contributed by atoms with E-state index in [0.29, 0.717) is 30.7 Å². The van der Waals surface area contributed by atoms with E-state index in [1.165, 1.54) is 25.3 Å². The van der Waals surface area contributed by atoms with Gasteiger partial charge in [0.2, 0.25) is 5.91 Å². The Balaban J connectivity index is 2.38. The topological polar surface area (TPSA) is 75.6 Å². The molecule has 0 unspecified atom stereocenters. The van der Waals surface area contributed by atoms with Crippen LogP contribution in [-0.4, -0.2) is 30.6 Å². The Hall–Kier alpha value is -2.11. The lowest BCUT2D eigenvalue weighted by molar-refractivity contribution is -0.137. The summed E-state index contributed by atoms with van der Waals surface area (Å²) < 4.78 is 18.2. The van der Waals surface area contributed by atoms with Crippen LogP contribution in [0.3, 0.4) is 0 Å². The molecule has 0 saturated carbocycles. The van der Waals surface area contributed by atoms with Crippen molar-refractivity contribution in [2.45, 2.75) is 25.7 Å². The molecule has 0 spiro atoms. The van der Waals surface area contributed by atoms with E-state index in [4.69, 9.17) is 9.84 Å². The number of benzene rings is 1. The number of methoxy groups -OCH3 is 1. The highest BCUT2D eigenvalue weighted by Crippen LogP contribution is 2.19. The second-order valence-corrected chi connectivity index (χ2v) is 4.33. The number of halogens is 1. The van der Waals surface area contributed by atoms with Crippen LogP contribution in [0.25, 0.3) is 0 Å². The van der Waals surface area contributed by atoms with Crippen molar-refractivity contribution in [2.75, 3.05) is 13.7 Å². The third-order valence-corrected chi connectivity index (χ3v) is 2.73. The van der Waals surface area contributed by atoms with Gasteiger partial charge in [0.15, 0.2) is 0 Å². The predicted molar refractivity (Wildman–Crippen MR) is 71.2 cm³/mol. The number of aliphatic carboxylic acids is 1. The molecule has 0 aliphatic heterocycles. The van der Waals surface area contributed by atoms with E-state index in [1.807, 2.05) is 0 Å². The highest BCUT2D eigenvalue weighted by atomic mass is 19.1. The number of hydrogen-bond acceptors (Lipinski definition) is 3. The van der Waals surface area contributed by atoms with Gasteiger partial charge in [0, 0.05) is 18.5 Å². The Kier molecular flexibility index (Phi) is 6.49. The summed E-state index contributed by atoms with van der Waals surface area (Å²) in [5.74, 6) is -1.05. The van der Waals surface area contributed by atoms with Crippen LogP contribution in [0.5, 0.6) is 5.75 Å². The SMILES string of the molecule is COc1ccc(F)cc1CC(=O)NCCCCC(=O)O. The van der Waals surface area contributed by atoms with Crippen molar-refractivity contribution in [3.8, 4) is 5.75 Å². The van der Waals surface area contributed by atoms with Crippen molar-refractivity contribution in [3.63, 3.8) is 0 Å². The minimum Gasteiger partial charge on any atom is -0.496 e. The van der Waals surface area contributed by atoms with E-state index < -0.39 is 11.8 Å². The first-order valence-corrected chi connectivity index (χ1v) is 6.34. The number of carboxylic acids is 1. The van der Waals surface area contributed by atoms with Crippen LogP contribution in [0.15, 0.2) is 18.2 Å². The zero-order valence-corrected chi connectivity index (χ0v) is 11.3. The summed E-state index contributed by atoms with van der Waals surface area (Å²) in [4.78, 5) is 22.0. The molecule has 6 heteroatoms. The average Bonchev–Trinajstić information content (AvgIpc) is 2.38. The molecule has 0 saturated heterocycles. The van der Waals surface area contributed by atoms with Crippen molar-refractivity contribution in [2.24, 2.45) is 0 Å². The third kappa shape index (κ3) is 5.69. The molecule has 20 heavy (non-hydrogen) atoms. The summed E-state index contributed by atoms with van der Waals surface area (Å²) in [5.41, 5.74) is 0.482. The van der Waals surface area contributed by atoms with Gasteiger partial charge in [-0.3, -0.25) is 9.59 Å². The number of ether oxygens (including phenoxy) is 1. The first-order chi connectivity index (χ1) is 9.52. The zero-order valence-electron chi connectivity index (χ0n) is 11.3. The fraction of sp³-hybridized carbons (Fsp3) is 0.429. The molecule has 0 heterocycles. The molecule has 1 amide bonds. The Morgan fingerprint density at radius 3 is 2.75 bits per heavy atom. The Morgan fingerprint density at radius 2 is 2.10 bits per heavy atom. The molecule has 0 aliphatic rings. The number of carbonyl (C=O) groups is 2. The maximum atomic E-state index is 13.1. The summed E-state index contributed by atoms with van der Waals surface area (Å²) in [5, 5.41) is 11.1. The molecule has 0 radical (unpaired) electrons. The van der Waals surface area contributed by atoms with Gasteiger partial charge in [-0.1, -0.05) is 0 Å². The van der Waals surface area contributed by atoms with Crippen LogP contribution in [0.4, 0.5) is 4.39 Å². The molecule has 0 fully saturated rings. The number of hydrogen-bond donors (Lipinski definition) is 2. The number of nitrogens with one attached hydrogen (secondary N) is 1. The zero-order chi connectivity index (χ0) is 15.0. The van der Waals surface area contributed by atoms with Gasteiger partial charge in [-0.25, -0.2) is 4.39 Å². The van der Waals surface area contributed by atoms with E-state index in [2.05, 4.69) is 5.32 Å². The van der Waals surface area contributed by atoms with Gasteiger partial charge < -0.3 is 15.2 Å². The Morgan fingerprint density at radius 1 is 1.35 bits per heavy atom. The van der Waals surface area contributed by atoms with E-state index >= 15 is 0 Å². The maximum Gasteiger partial charge on any atom is 0.303 e. The average molecular weight is 283 g/mol. The van der Waals surface area contributed by atoms with Crippen LogP contribution in [-0.2, 0) is 16.0 Å². The van der Waals surface area contributed by atoms with Crippen molar-refractivity contribution >= 4 is 11.9 Å². The highest BCUT2D eigenvalue weighted by Gasteiger charge is 2.09. The number of amides is 1. The van der Waals surface area contributed by atoms with Crippen molar-refractivity contribution in [1.82, 2.24) is 5.32 Å². The molecule has 0 atom stereocenters. The summed E-state index contributed by atoms with van der Waals surface area (Å²) in [7, 11) is 1.46. The largest absolute Gasteiger partial charge is 0.496 e. The first-order valence-electron chi connectivity index (χ1n) is 6.34. The van der Waals surface area contributed by atoms with Crippen LogP contribution >= 0.6 is 0 Å². The Labute approximate surface area is 116 Å². The predicted octanol–water partition coefficient (Wildman–Crippen LogP) is 1.75. The maximum absolute atomic E-state index is 13.1. The van der Waals surface area contributed by atoms with Gasteiger partial charge in [0.1, 0.15) is 11.6 Å². The summed E-state index contributed by atoms with van der Waals surface area (Å²) in [6.07, 6.45) is 1.23. The monoisotopic (exact) mass is 283 g/mol. The summed E-state index contributed by atoms with van der Waals surface area (Å²) in [6.45, 7) is 0.406. The molecule has 0 bridgehead atoms. The standard InChI is InChI=1S/C14H18FNO4/c1-20-12-6-5-11(15)8-10(12)9-13(17)16-7-3-2-4-14(18)19/h5-6,8H,2-4,7,9H2,1H3,(H,16,17)(H,18,19). The molecule has 1 rings (SSSR count). The smallest absolute Gasteiger partial charge is 0.303 e. The quantitative estimate of drug-likeness (QED) is 0.713. The molecule has 110 valence electrons. The molecule has 1 aromatic rings. The van der Waals surface area contributed by atoms with Crippen molar-refractivity contribution in [1.29, 1.82) is 0 Å². The molecule has 0 aromatic heterocycles. The van der Waals surface area contributed by atoms with Gasteiger partial charge in [-0.05, 0) is 31.0 Å². The number of unbranched alkanes of at least 4 members (excludes halogenated alkanes) is 1. The Bertz CT molecular complexity index is 476. The summed E-state index contributed by atoms with van der Waals surface area (Å²) in [6, 6.07) is 4.01. The number of carbonyl (C=O) groups excluding carboxylic acids is 1. The minimum atomic E-state index is -0.846. The van der Waals surface area contributed by atoms with Gasteiger partial charge in [0.05, 0.1) is 13.5 Å². The van der Waals surface area contributed by atoms with Crippen LogP contribution in [0.1, 0.15) is 24.8 Å². The van der Waals surface area contributed by atoms with Gasteiger partial charge in [-0.2, -0.15) is 0 Å². The third-order valence-electron chi connectivity index (χ3n) is 2.73. The van der Waals surface area contributed by atoms with Crippen LogP contribution in [0, 0.1) is 5.82 Å². The molecule has 0 aliphatic carbocycles. The number of rotatable bonds is 8. The summed E-state index contributed by atoms with van der Waals surface area (Å²) >= 11 is 0. The first kappa shape index (κ1) is 15.9. The molecule has 1 aromatic carbocycles. The van der Waals surface area contributed by atoms with Gasteiger partial charge >= 0.3 is 5.97 Å². The molecular weight excluding hydrogens is 265 g/mol. The number of carboxylic acid groups (broad SMARTS) is 1. The second-order valence-electron chi connectivity index (χ2n) is 4.33. The van der Waals surface area contributed by atoms with E-state index in [-0.39, 0.29) is 18.7 Å². The van der Waals surface area contributed by atoms with Crippen molar-refractivity contribution < 1.29 is 23.8 Å². The lowest BCUT2D eigenvalue weighted by Gasteiger charge is -2.09. The van der Waals surface area contributed by atoms with E-state index in [0.717, 1.165) is 0 Å². The van der Waals surface area contributed by atoms with Crippen LogP contribution in [0.2, 0.25) is 0 Å². The van der Waals surface area contributed by atoms with Gasteiger partial charge in [0.25, 0.3) is 0 Å².